The van der Waals surface area contributed by atoms with Gasteiger partial charge in [-0.15, -0.1) is 0 Å². The van der Waals surface area contributed by atoms with Crippen LogP contribution in [0.4, 0.5) is 0 Å². The second kappa shape index (κ2) is 4.40. The van der Waals surface area contributed by atoms with Crippen LogP contribution in [0.2, 0.25) is 0 Å². The van der Waals surface area contributed by atoms with Gasteiger partial charge in [0.2, 0.25) is 0 Å². The van der Waals surface area contributed by atoms with E-state index in [9.17, 15) is 4.79 Å². The number of halogens is 1. The summed E-state index contributed by atoms with van der Waals surface area (Å²) in [7, 11) is 0. The van der Waals surface area contributed by atoms with Crippen LogP contribution in [-0.2, 0) is 0 Å². The van der Waals surface area contributed by atoms with Crippen LogP contribution in [0.25, 0.3) is 11.1 Å². The van der Waals surface area contributed by atoms with Crippen molar-refractivity contribution in [2.45, 2.75) is 13.8 Å². The van der Waals surface area contributed by atoms with Crippen molar-refractivity contribution < 1.29 is 4.79 Å². The monoisotopic (exact) mass is 250 g/mol. The molecular formula is C13H11ClOS. The van der Waals surface area contributed by atoms with Crippen molar-refractivity contribution in [2.75, 3.05) is 0 Å². The van der Waals surface area contributed by atoms with Gasteiger partial charge in [-0.25, -0.2) is 0 Å². The fraction of sp³-hybridized carbons (Fsp3) is 0.154. The fourth-order valence-corrected chi connectivity index (χ4v) is 2.69. The largest absolute Gasteiger partial charge is 0.276 e. The van der Waals surface area contributed by atoms with E-state index < -0.39 is 5.24 Å². The van der Waals surface area contributed by atoms with Crippen LogP contribution in [0.15, 0.2) is 29.0 Å². The van der Waals surface area contributed by atoms with Crippen molar-refractivity contribution in [1.29, 1.82) is 0 Å². The highest BCUT2D eigenvalue weighted by atomic mass is 35.5. The summed E-state index contributed by atoms with van der Waals surface area (Å²) in [6.07, 6.45) is 0. The molecule has 16 heavy (non-hydrogen) atoms. The van der Waals surface area contributed by atoms with Crippen LogP contribution in [0.5, 0.6) is 0 Å². The van der Waals surface area contributed by atoms with Crippen molar-refractivity contribution in [1.82, 2.24) is 0 Å². The molecule has 0 amide bonds. The highest BCUT2D eigenvalue weighted by Gasteiger charge is 2.08. The summed E-state index contributed by atoms with van der Waals surface area (Å²) in [5, 5.41) is 3.84. The van der Waals surface area contributed by atoms with Crippen LogP contribution in [0.3, 0.4) is 0 Å². The van der Waals surface area contributed by atoms with Gasteiger partial charge in [-0.05, 0) is 70.6 Å². The van der Waals surface area contributed by atoms with E-state index >= 15 is 0 Å². The SMILES string of the molecule is Cc1cc(C(=O)Cl)ccc1-c1cscc1C. The molecule has 0 aliphatic rings. The van der Waals surface area contributed by atoms with Gasteiger partial charge in [0.15, 0.2) is 0 Å². The van der Waals surface area contributed by atoms with Gasteiger partial charge in [-0.1, -0.05) is 6.07 Å². The summed E-state index contributed by atoms with van der Waals surface area (Å²) in [5.74, 6) is 0. The minimum Gasteiger partial charge on any atom is -0.276 e. The molecular weight excluding hydrogens is 240 g/mol. The number of hydrogen-bond acceptors (Lipinski definition) is 2. The maximum absolute atomic E-state index is 11.0. The lowest BCUT2D eigenvalue weighted by Crippen LogP contribution is -1.91. The molecule has 1 aromatic heterocycles. The molecule has 0 spiro atoms. The number of carbonyl (C=O) groups is 1. The number of carbonyl (C=O) groups excluding carboxylic acids is 1. The highest BCUT2D eigenvalue weighted by Crippen LogP contribution is 2.30. The number of rotatable bonds is 2. The smallest absolute Gasteiger partial charge is 0.252 e. The van der Waals surface area contributed by atoms with Crippen LogP contribution >= 0.6 is 22.9 Å². The second-order valence-corrected chi connectivity index (χ2v) is 4.86. The predicted molar refractivity (Wildman–Crippen MR) is 69.4 cm³/mol. The highest BCUT2D eigenvalue weighted by molar-refractivity contribution is 7.08. The molecule has 1 nitrogen and oxygen atoms in total. The van der Waals surface area contributed by atoms with Crippen molar-refractivity contribution in [2.24, 2.45) is 0 Å². The summed E-state index contributed by atoms with van der Waals surface area (Å²) >= 11 is 7.13. The topological polar surface area (TPSA) is 17.1 Å². The van der Waals surface area contributed by atoms with E-state index in [0.717, 1.165) is 5.56 Å². The summed E-state index contributed by atoms with van der Waals surface area (Å²) in [6.45, 7) is 4.08. The maximum atomic E-state index is 11.0. The van der Waals surface area contributed by atoms with Gasteiger partial charge >= 0.3 is 0 Å². The Hall–Kier alpha value is -1.12. The lowest BCUT2D eigenvalue weighted by molar-refractivity contribution is 0.108. The molecule has 0 saturated carbocycles. The molecule has 0 aliphatic carbocycles. The average molecular weight is 251 g/mol. The van der Waals surface area contributed by atoms with E-state index in [1.54, 1.807) is 17.4 Å². The normalized spacial score (nSPS) is 10.4. The first-order valence-electron chi connectivity index (χ1n) is 4.93. The van der Waals surface area contributed by atoms with E-state index in [4.69, 9.17) is 11.6 Å². The molecule has 82 valence electrons. The van der Waals surface area contributed by atoms with Crippen molar-refractivity contribution in [3.8, 4) is 11.1 Å². The Balaban J connectivity index is 2.52. The first-order chi connectivity index (χ1) is 7.59. The second-order valence-electron chi connectivity index (χ2n) is 3.77. The third-order valence-corrected chi connectivity index (χ3v) is 3.68. The summed E-state index contributed by atoms with van der Waals surface area (Å²) < 4.78 is 0. The molecule has 0 N–H and O–H groups in total. The van der Waals surface area contributed by atoms with Crippen LogP contribution in [0.1, 0.15) is 21.5 Å². The van der Waals surface area contributed by atoms with E-state index in [0.29, 0.717) is 5.56 Å². The van der Waals surface area contributed by atoms with Crippen LogP contribution < -0.4 is 0 Å². The van der Waals surface area contributed by atoms with Gasteiger partial charge in [0.05, 0.1) is 0 Å². The molecule has 0 atom stereocenters. The van der Waals surface area contributed by atoms with E-state index in [2.05, 4.69) is 17.7 Å². The third kappa shape index (κ3) is 2.04. The van der Waals surface area contributed by atoms with Crippen molar-refractivity contribution >= 4 is 28.2 Å². The lowest BCUT2D eigenvalue weighted by Gasteiger charge is -2.06. The van der Waals surface area contributed by atoms with Crippen LogP contribution in [-0.4, -0.2) is 5.24 Å². The summed E-state index contributed by atoms with van der Waals surface area (Å²) in [4.78, 5) is 11.0. The molecule has 1 heterocycles. The number of aryl methyl sites for hydroxylation is 2. The van der Waals surface area contributed by atoms with Gasteiger partial charge < -0.3 is 0 Å². The van der Waals surface area contributed by atoms with Gasteiger partial charge in [0.1, 0.15) is 0 Å². The van der Waals surface area contributed by atoms with Gasteiger partial charge in [0.25, 0.3) is 5.24 Å². The van der Waals surface area contributed by atoms with E-state index in [1.807, 2.05) is 19.1 Å². The summed E-state index contributed by atoms with van der Waals surface area (Å²) in [5.41, 5.74) is 5.29. The molecule has 2 rings (SSSR count). The molecule has 3 heteroatoms. The maximum Gasteiger partial charge on any atom is 0.252 e. The molecule has 0 aliphatic heterocycles. The number of hydrogen-bond donors (Lipinski definition) is 0. The zero-order valence-corrected chi connectivity index (χ0v) is 10.7. The first kappa shape index (κ1) is 11.4. The molecule has 0 fully saturated rings. The molecule has 0 saturated heterocycles. The first-order valence-corrected chi connectivity index (χ1v) is 6.25. The minimum atomic E-state index is -0.406. The summed E-state index contributed by atoms with van der Waals surface area (Å²) in [6, 6.07) is 5.57. The Labute approximate surface area is 104 Å². The Morgan fingerprint density at radius 1 is 1.12 bits per heavy atom. The van der Waals surface area contributed by atoms with Gasteiger partial charge in [0, 0.05) is 5.56 Å². The Bertz CT molecular complexity index is 543. The average Bonchev–Trinajstić information content (AvgIpc) is 2.64. The van der Waals surface area contributed by atoms with Gasteiger partial charge in [-0.2, -0.15) is 11.3 Å². The standard InChI is InChI=1S/C13H11ClOS/c1-8-5-10(13(14)15)3-4-11(8)12-7-16-6-9(12)2/h3-7H,1-2H3. The quantitative estimate of drug-likeness (QED) is 0.722. The fourth-order valence-electron chi connectivity index (χ4n) is 1.72. The van der Waals surface area contributed by atoms with E-state index in [1.165, 1.54) is 16.7 Å². The number of thiophene rings is 1. The minimum absolute atomic E-state index is 0.406. The molecule has 0 unspecified atom stereocenters. The predicted octanol–water partition coefficient (Wildman–Crippen LogP) is 4.41. The molecule has 0 radical (unpaired) electrons. The number of benzene rings is 1. The van der Waals surface area contributed by atoms with Gasteiger partial charge in [-0.3, -0.25) is 4.79 Å². The Morgan fingerprint density at radius 3 is 2.38 bits per heavy atom. The lowest BCUT2D eigenvalue weighted by atomic mass is 9.98. The zero-order valence-electron chi connectivity index (χ0n) is 9.08. The molecule has 0 bridgehead atoms. The zero-order chi connectivity index (χ0) is 11.7. The Morgan fingerprint density at radius 2 is 1.88 bits per heavy atom. The molecule has 2 aromatic rings. The van der Waals surface area contributed by atoms with E-state index in [-0.39, 0.29) is 0 Å². The molecule has 1 aromatic carbocycles. The third-order valence-electron chi connectivity index (χ3n) is 2.60. The van der Waals surface area contributed by atoms with Crippen LogP contribution in [0, 0.1) is 13.8 Å². The Kier molecular flexibility index (Phi) is 3.13. The van der Waals surface area contributed by atoms with Crippen molar-refractivity contribution in [3.05, 3.63) is 45.6 Å². The van der Waals surface area contributed by atoms with Crippen molar-refractivity contribution in [3.63, 3.8) is 0 Å².